The maximum absolute atomic E-state index is 11.6. The topological polar surface area (TPSA) is 59.8 Å². The molecule has 0 aromatic carbocycles. The normalized spacial score (nSPS) is 10.3. The van der Waals surface area contributed by atoms with E-state index < -0.39 is 0 Å². The Bertz CT molecular complexity index is 463. The first-order valence-electron chi connectivity index (χ1n) is 4.94. The fraction of sp³-hybridized carbons (Fsp3) is 0.300. The molecule has 5 nitrogen and oxygen atoms in total. The zero-order valence-electron chi connectivity index (χ0n) is 8.88. The van der Waals surface area contributed by atoms with E-state index in [-0.39, 0.29) is 5.91 Å². The molecule has 0 spiro atoms. The highest BCUT2D eigenvalue weighted by Gasteiger charge is 2.07. The quantitative estimate of drug-likeness (QED) is 0.864. The maximum atomic E-state index is 11.6. The van der Waals surface area contributed by atoms with Gasteiger partial charge in [0.2, 0.25) is 0 Å². The number of carbonyl (C=O) groups is 1. The molecular weight excluding hydrogens is 224 g/mol. The standard InChI is InChI=1S/C10H12N4OS/c1-8-12-7-9(16-8)10(15)11-4-6-14-5-2-3-13-14/h2-3,5,7H,4,6H2,1H3,(H,11,15). The third-order valence-electron chi connectivity index (χ3n) is 2.03. The minimum Gasteiger partial charge on any atom is -0.349 e. The van der Waals surface area contributed by atoms with Crippen molar-refractivity contribution in [1.29, 1.82) is 0 Å². The molecule has 2 heterocycles. The van der Waals surface area contributed by atoms with E-state index in [0.717, 1.165) is 5.01 Å². The lowest BCUT2D eigenvalue weighted by atomic mass is 10.5. The van der Waals surface area contributed by atoms with Gasteiger partial charge in [-0.15, -0.1) is 11.3 Å². The van der Waals surface area contributed by atoms with Gasteiger partial charge in [0.15, 0.2) is 0 Å². The monoisotopic (exact) mass is 236 g/mol. The number of amides is 1. The smallest absolute Gasteiger partial charge is 0.263 e. The summed E-state index contributed by atoms with van der Waals surface area (Å²) in [6, 6.07) is 1.86. The molecule has 0 saturated carbocycles. The van der Waals surface area contributed by atoms with Crippen LogP contribution in [0.5, 0.6) is 0 Å². The summed E-state index contributed by atoms with van der Waals surface area (Å²) in [4.78, 5) is 16.3. The van der Waals surface area contributed by atoms with Crippen molar-refractivity contribution in [2.75, 3.05) is 6.54 Å². The van der Waals surface area contributed by atoms with Crippen LogP contribution in [0, 0.1) is 6.92 Å². The first-order chi connectivity index (χ1) is 7.75. The molecule has 16 heavy (non-hydrogen) atoms. The van der Waals surface area contributed by atoms with Gasteiger partial charge < -0.3 is 5.32 Å². The number of hydrogen-bond acceptors (Lipinski definition) is 4. The van der Waals surface area contributed by atoms with Crippen molar-refractivity contribution in [2.24, 2.45) is 0 Å². The van der Waals surface area contributed by atoms with Crippen molar-refractivity contribution in [3.63, 3.8) is 0 Å². The van der Waals surface area contributed by atoms with E-state index in [0.29, 0.717) is 18.0 Å². The average Bonchev–Trinajstić information content (AvgIpc) is 2.89. The van der Waals surface area contributed by atoms with E-state index in [1.54, 1.807) is 17.1 Å². The van der Waals surface area contributed by atoms with E-state index in [2.05, 4.69) is 15.4 Å². The Hall–Kier alpha value is -1.69. The summed E-state index contributed by atoms with van der Waals surface area (Å²) in [5, 5.41) is 7.77. The van der Waals surface area contributed by atoms with Crippen LogP contribution in [0.25, 0.3) is 0 Å². The van der Waals surface area contributed by atoms with E-state index in [1.807, 2.05) is 19.2 Å². The van der Waals surface area contributed by atoms with Crippen LogP contribution in [0.1, 0.15) is 14.7 Å². The fourth-order valence-corrected chi connectivity index (χ4v) is 1.96. The van der Waals surface area contributed by atoms with Crippen LogP contribution in [0.2, 0.25) is 0 Å². The van der Waals surface area contributed by atoms with Crippen molar-refractivity contribution in [1.82, 2.24) is 20.1 Å². The van der Waals surface area contributed by atoms with Gasteiger partial charge in [-0.3, -0.25) is 9.48 Å². The summed E-state index contributed by atoms with van der Waals surface area (Å²) in [5.41, 5.74) is 0. The van der Waals surface area contributed by atoms with E-state index in [9.17, 15) is 4.79 Å². The number of aryl methyl sites for hydroxylation is 1. The fourth-order valence-electron chi connectivity index (χ4n) is 1.27. The molecule has 0 aliphatic heterocycles. The second-order valence-corrected chi connectivity index (χ2v) is 4.50. The molecule has 84 valence electrons. The lowest BCUT2D eigenvalue weighted by Crippen LogP contribution is -2.26. The predicted molar refractivity (Wildman–Crippen MR) is 61.4 cm³/mol. The summed E-state index contributed by atoms with van der Waals surface area (Å²) >= 11 is 1.40. The number of hydrogen-bond donors (Lipinski definition) is 1. The summed E-state index contributed by atoms with van der Waals surface area (Å²) in [6.45, 7) is 3.12. The van der Waals surface area contributed by atoms with Gasteiger partial charge in [-0.25, -0.2) is 4.98 Å². The molecule has 0 radical (unpaired) electrons. The summed E-state index contributed by atoms with van der Waals surface area (Å²) in [7, 11) is 0. The third-order valence-corrected chi connectivity index (χ3v) is 2.94. The van der Waals surface area contributed by atoms with Crippen molar-refractivity contribution >= 4 is 17.2 Å². The maximum Gasteiger partial charge on any atom is 0.263 e. The highest BCUT2D eigenvalue weighted by molar-refractivity contribution is 7.13. The molecule has 1 N–H and O–H groups in total. The molecule has 0 fully saturated rings. The second kappa shape index (κ2) is 4.89. The Morgan fingerprint density at radius 2 is 2.50 bits per heavy atom. The molecule has 1 amide bonds. The van der Waals surface area contributed by atoms with Crippen LogP contribution in [-0.2, 0) is 6.54 Å². The van der Waals surface area contributed by atoms with Crippen molar-refractivity contribution in [2.45, 2.75) is 13.5 Å². The molecule has 2 aromatic heterocycles. The molecule has 0 unspecified atom stereocenters. The van der Waals surface area contributed by atoms with Crippen molar-refractivity contribution in [3.8, 4) is 0 Å². The van der Waals surface area contributed by atoms with Gasteiger partial charge in [0.1, 0.15) is 4.88 Å². The Morgan fingerprint density at radius 1 is 1.62 bits per heavy atom. The van der Waals surface area contributed by atoms with Crippen LogP contribution in [0.15, 0.2) is 24.7 Å². The molecule has 2 rings (SSSR count). The Labute approximate surface area is 97.1 Å². The molecule has 0 bridgehead atoms. The van der Waals surface area contributed by atoms with Crippen molar-refractivity contribution in [3.05, 3.63) is 34.5 Å². The lowest BCUT2D eigenvalue weighted by Gasteiger charge is -2.03. The third kappa shape index (κ3) is 2.66. The summed E-state index contributed by atoms with van der Waals surface area (Å²) < 4.78 is 1.78. The number of thiazole rings is 1. The van der Waals surface area contributed by atoms with Crippen LogP contribution in [0.4, 0.5) is 0 Å². The summed E-state index contributed by atoms with van der Waals surface area (Å²) in [6.07, 6.45) is 5.18. The first kappa shape index (κ1) is 10.8. The molecule has 2 aromatic rings. The second-order valence-electron chi connectivity index (χ2n) is 3.27. The van der Waals surface area contributed by atoms with Gasteiger partial charge in [0, 0.05) is 18.9 Å². The highest BCUT2D eigenvalue weighted by atomic mass is 32.1. The number of nitrogens with zero attached hydrogens (tertiary/aromatic N) is 3. The zero-order chi connectivity index (χ0) is 11.4. The number of rotatable bonds is 4. The Kier molecular flexibility index (Phi) is 3.31. The zero-order valence-corrected chi connectivity index (χ0v) is 9.70. The minimum absolute atomic E-state index is 0.0715. The predicted octanol–water partition coefficient (Wildman–Crippen LogP) is 1.08. The molecule has 0 atom stereocenters. The van der Waals surface area contributed by atoms with Crippen LogP contribution < -0.4 is 5.32 Å². The Morgan fingerprint density at radius 3 is 3.12 bits per heavy atom. The Balaban J connectivity index is 1.80. The largest absolute Gasteiger partial charge is 0.349 e. The highest BCUT2D eigenvalue weighted by Crippen LogP contribution is 2.10. The molecule has 0 aliphatic carbocycles. The van der Waals surface area contributed by atoms with Gasteiger partial charge in [0.25, 0.3) is 5.91 Å². The lowest BCUT2D eigenvalue weighted by molar-refractivity contribution is 0.0956. The first-order valence-corrected chi connectivity index (χ1v) is 5.75. The van der Waals surface area contributed by atoms with E-state index >= 15 is 0 Å². The average molecular weight is 236 g/mol. The van der Waals surface area contributed by atoms with E-state index in [1.165, 1.54) is 11.3 Å². The summed E-state index contributed by atoms with van der Waals surface area (Å²) in [5.74, 6) is -0.0715. The minimum atomic E-state index is -0.0715. The number of aromatic nitrogens is 3. The van der Waals surface area contributed by atoms with Gasteiger partial charge in [0.05, 0.1) is 17.7 Å². The SMILES string of the molecule is Cc1ncc(C(=O)NCCn2cccn2)s1. The van der Waals surface area contributed by atoms with Gasteiger partial charge in [-0.2, -0.15) is 5.10 Å². The molecule has 0 aliphatic rings. The van der Waals surface area contributed by atoms with Crippen molar-refractivity contribution < 1.29 is 4.79 Å². The molecule has 6 heteroatoms. The number of carbonyl (C=O) groups excluding carboxylic acids is 1. The van der Waals surface area contributed by atoms with Crippen LogP contribution in [-0.4, -0.2) is 27.2 Å². The van der Waals surface area contributed by atoms with Gasteiger partial charge in [-0.1, -0.05) is 0 Å². The van der Waals surface area contributed by atoms with E-state index in [4.69, 9.17) is 0 Å². The van der Waals surface area contributed by atoms with Gasteiger partial charge in [-0.05, 0) is 13.0 Å². The number of nitrogens with one attached hydrogen (secondary N) is 1. The van der Waals surface area contributed by atoms with Gasteiger partial charge >= 0.3 is 0 Å². The van der Waals surface area contributed by atoms with Crippen LogP contribution >= 0.6 is 11.3 Å². The van der Waals surface area contributed by atoms with Crippen LogP contribution in [0.3, 0.4) is 0 Å². The molecular formula is C10H12N4OS. The molecule has 0 saturated heterocycles.